The number of benzene rings is 2. The number of halogens is 3. The fourth-order valence-electron chi connectivity index (χ4n) is 2.15. The van der Waals surface area contributed by atoms with Crippen molar-refractivity contribution in [3.05, 3.63) is 68.9 Å². The second kappa shape index (κ2) is 7.90. The Bertz CT molecular complexity index is 609. The Morgan fingerprint density at radius 3 is 2.67 bits per heavy atom. The van der Waals surface area contributed by atoms with Gasteiger partial charge in [-0.1, -0.05) is 39.7 Å². The van der Waals surface area contributed by atoms with Gasteiger partial charge in [0.1, 0.15) is 5.82 Å². The molecular weight excluding hydrogens is 357 g/mol. The molecule has 0 saturated heterocycles. The van der Waals surface area contributed by atoms with Crippen LogP contribution in [0, 0.1) is 5.82 Å². The number of hydrogen-bond acceptors (Lipinski definition) is 2. The highest BCUT2D eigenvalue weighted by atomic mass is 79.9. The minimum absolute atomic E-state index is 0.0240. The van der Waals surface area contributed by atoms with Crippen LogP contribution in [-0.4, -0.2) is 23.2 Å². The van der Waals surface area contributed by atoms with Crippen LogP contribution in [0.3, 0.4) is 0 Å². The third-order valence-corrected chi connectivity index (χ3v) is 3.84. The van der Waals surface area contributed by atoms with Gasteiger partial charge in [-0.25, -0.2) is 4.39 Å². The predicted octanol–water partition coefficient (Wildman–Crippen LogP) is 4.24. The first-order valence-corrected chi connectivity index (χ1v) is 7.77. The molecule has 0 amide bonds. The number of rotatable bonds is 6. The lowest BCUT2D eigenvalue weighted by Gasteiger charge is -2.22. The van der Waals surface area contributed by atoms with E-state index in [1.807, 2.05) is 29.2 Å². The van der Waals surface area contributed by atoms with Gasteiger partial charge in [0.2, 0.25) is 0 Å². The quantitative estimate of drug-likeness (QED) is 0.820. The molecule has 21 heavy (non-hydrogen) atoms. The maximum absolute atomic E-state index is 13.8. The Morgan fingerprint density at radius 1 is 1.14 bits per heavy atom. The van der Waals surface area contributed by atoms with Gasteiger partial charge in [-0.15, -0.1) is 0 Å². The Kier molecular flexibility index (Phi) is 6.18. The highest BCUT2D eigenvalue weighted by molar-refractivity contribution is 9.10. The minimum Gasteiger partial charge on any atom is -0.395 e. The molecule has 0 aliphatic heterocycles. The number of hydrogen-bond donors (Lipinski definition) is 1. The average molecular weight is 373 g/mol. The van der Waals surface area contributed by atoms with Gasteiger partial charge in [0.05, 0.1) is 6.61 Å². The lowest BCUT2D eigenvalue weighted by Crippen LogP contribution is -2.26. The molecule has 0 heterocycles. The van der Waals surface area contributed by atoms with Crippen LogP contribution in [0.5, 0.6) is 0 Å². The van der Waals surface area contributed by atoms with Gasteiger partial charge in [-0.3, -0.25) is 4.90 Å². The van der Waals surface area contributed by atoms with Crippen molar-refractivity contribution in [3.63, 3.8) is 0 Å². The van der Waals surface area contributed by atoms with Gasteiger partial charge in [-0.2, -0.15) is 0 Å². The second-order valence-corrected chi connectivity index (χ2v) is 6.15. The van der Waals surface area contributed by atoms with Crippen LogP contribution in [0.4, 0.5) is 4.39 Å². The zero-order chi connectivity index (χ0) is 15.2. The minimum atomic E-state index is -0.243. The van der Waals surface area contributed by atoms with E-state index in [2.05, 4.69) is 15.9 Å². The van der Waals surface area contributed by atoms with E-state index < -0.39 is 0 Å². The fourth-order valence-corrected chi connectivity index (χ4v) is 2.78. The SMILES string of the molecule is OCCN(Cc1cccc(Cl)c1)Cc1cc(Br)ccc1F. The van der Waals surface area contributed by atoms with Gasteiger partial charge in [0, 0.05) is 34.7 Å². The molecule has 1 N–H and O–H groups in total. The lowest BCUT2D eigenvalue weighted by molar-refractivity contribution is 0.183. The Labute approximate surface area is 137 Å². The molecule has 2 aromatic carbocycles. The molecule has 112 valence electrons. The van der Waals surface area contributed by atoms with Crippen LogP contribution in [0.1, 0.15) is 11.1 Å². The van der Waals surface area contributed by atoms with Crippen LogP contribution in [0.25, 0.3) is 0 Å². The van der Waals surface area contributed by atoms with Gasteiger partial charge < -0.3 is 5.11 Å². The maximum Gasteiger partial charge on any atom is 0.127 e. The highest BCUT2D eigenvalue weighted by Crippen LogP contribution is 2.19. The smallest absolute Gasteiger partial charge is 0.127 e. The number of nitrogens with zero attached hydrogens (tertiary/aromatic N) is 1. The molecule has 0 aromatic heterocycles. The van der Waals surface area contributed by atoms with Gasteiger partial charge in [-0.05, 0) is 35.9 Å². The first kappa shape index (κ1) is 16.4. The topological polar surface area (TPSA) is 23.5 Å². The summed E-state index contributed by atoms with van der Waals surface area (Å²) in [6.45, 7) is 1.53. The van der Waals surface area contributed by atoms with E-state index in [4.69, 9.17) is 11.6 Å². The van der Waals surface area contributed by atoms with E-state index >= 15 is 0 Å². The molecule has 0 unspecified atom stereocenters. The molecule has 2 aromatic rings. The molecule has 0 fully saturated rings. The molecule has 0 atom stereocenters. The van der Waals surface area contributed by atoms with Crippen molar-refractivity contribution in [1.29, 1.82) is 0 Å². The van der Waals surface area contributed by atoms with Crippen molar-refractivity contribution in [2.45, 2.75) is 13.1 Å². The molecule has 0 bridgehead atoms. The molecule has 0 saturated carbocycles. The average Bonchev–Trinajstić information content (AvgIpc) is 2.43. The Hall–Kier alpha value is -0.940. The zero-order valence-electron chi connectivity index (χ0n) is 11.4. The number of aliphatic hydroxyl groups is 1. The van der Waals surface area contributed by atoms with Crippen LogP contribution >= 0.6 is 27.5 Å². The van der Waals surface area contributed by atoms with Crippen LogP contribution in [0.15, 0.2) is 46.9 Å². The Balaban J connectivity index is 2.13. The first-order chi connectivity index (χ1) is 10.1. The summed E-state index contributed by atoms with van der Waals surface area (Å²) in [6.07, 6.45) is 0. The van der Waals surface area contributed by atoms with Crippen molar-refractivity contribution in [2.75, 3.05) is 13.2 Å². The molecule has 2 rings (SSSR count). The number of aliphatic hydroxyl groups excluding tert-OH is 1. The van der Waals surface area contributed by atoms with Crippen LogP contribution in [0.2, 0.25) is 5.02 Å². The van der Waals surface area contributed by atoms with Crippen molar-refractivity contribution in [2.24, 2.45) is 0 Å². The molecule has 2 nitrogen and oxygen atoms in total. The van der Waals surface area contributed by atoms with Gasteiger partial charge in [0.25, 0.3) is 0 Å². The first-order valence-electron chi connectivity index (χ1n) is 6.60. The van der Waals surface area contributed by atoms with Crippen molar-refractivity contribution in [3.8, 4) is 0 Å². The summed E-state index contributed by atoms with van der Waals surface area (Å²) >= 11 is 9.33. The van der Waals surface area contributed by atoms with E-state index in [0.717, 1.165) is 10.0 Å². The van der Waals surface area contributed by atoms with E-state index in [9.17, 15) is 9.50 Å². The van der Waals surface area contributed by atoms with E-state index in [1.54, 1.807) is 12.1 Å². The second-order valence-electron chi connectivity index (χ2n) is 4.80. The fraction of sp³-hybridized carbons (Fsp3) is 0.250. The standard InChI is InChI=1S/C16H16BrClFNO/c17-14-4-5-16(19)13(9-14)11-20(6-7-21)10-12-2-1-3-15(18)8-12/h1-5,8-9,21H,6-7,10-11H2. The summed E-state index contributed by atoms with van der Waals surface area (Å²) in [4.78, 5) is 1.98. The molecule has 0 spiro atoms. The summed E-state index contributed by atoms with van der Waals surface area (Å²) in [5.41, 5.74) is 1.63. The maximum atomic E-state index is 13.8. The summed E-state index contributed by atoms with van der Waals surface area (Å²) in [7, 11) is 0. The van der Waals surface area contributed by atoms with Crippen molar-refractivity contribution in [1.82, 2.24) is 4.90 Å². The van der Waals surface area contributed by atoms with Crippen molar-refractivity contribution < 1.29 is 9.50 Å². The monoisotopic (exact) mass is 371 g/mol. The summed E-state index contributed by atoms with van der Waals surface area (Å²) in [6, 6.07) is 12.4. The van der Waals surface area contributed by atoms with E-state index in [-0.39, 0.29) is 12.4 Å². The normalized spacial score (nSPS) is 11.1. The van der Waals surface area contributed by atoms with Gasteiger partial charge in [0.15, 0.2) is 0 Å². The predicted molar refractivity (Wildman–Crippen MR) is 86.8 cm³/mol. The molecule has 0 aliphatic carbocycles. The van der Waals surface area contributed by atoms with E-state index in [0.29, 0.717) is 30.2 Å². The van der Waals surface area contributed by atoms with Crippen LogP contribution in [-0.2, 0) is 13.1 Å². The van der Waals surface area contributed by atoms with Crippen molar-refractivity contribution >= 4 is 27.5 Å². The molecule has 5 heteroatoms. The van der Waals surface area contributed by atoms with Crippen LogP contribution < -0.4 is 0 Å². The third-order valence-electron chi connectivity index (χ3n) is 3.11. The summed E-state index contributed by atoms with van der Waals surface area (Å²) in [5.74, 6) is -0.243. The largest absolute Gasteiger partial charge is 0.395 e. The summed E-state index contributed by atoms with van der Waals surface area (Å²) < 4.78 is 14.7. The van der Waals surface area contributed by atoms with E-state index in [1.165, 1.54) is 6.07 Å². The molecule has 0 aliphatic rings. The molecular formula is C16H16BrClFNO. The Morgan fingerprint density at radius 2 is 1.95 bits per heavy atom. The zero-order valence-corrected chi connectivity index (χ0v) is 13.7. The third kappa shape index (κ3) is 5.08. The molecule has 0 radical (unpaired) electrons. The van der Waals surface area contributed by atoms with Gasteiger partial charge >= 0.3 is 0 Å². The summed E-state index contributed by atoms with van der Waals surface area (Å²) in [5, 5.41) is 9.87. The lowest BCUT2D eigenvalue weighted by atomic mass is 10.1. The highest BCUT2D eigenvalue weighted by Gasteiger charge is 2.10.